The Morgan fingerprint density at radius 3 is 2.30 bits per heavy atom. The van der Waals surface area contributed by atoms with Crippen molar-refractivity contribution in [2.24, 2.45) is 0 Å². The molecule has 0 aliphatic carbocycles. The number of anilines is 1. The number of non-ortho nitro benzene ring substituents is 1. The Morgan fingerprint density at radius 2 is 1.74 bits per heavy atom. The van der Waals surface area contributed by atoms with Crippen LogP contribution in [-0.2, 0) is 11.2 Å². The van der Waals surface area contributed by atoms with Crippen LogP contribution < -0.4 is 4.90 Å². The molecule has 1 fully saturated rings. The van der Waals surface area contributed by atoms with E-state index in [1.165, 1.54) is 34.7 Å². The van der Waals surface area contributed by atoms with Gasteiger partial charge in [0.05, 0.1) is 4.92 Å². The Balaban J connectivity index is 1.75. The molecule has 0 aromatic heterocycles. The Kier molecular flexibility index (Phi) is 5.21. The average Bonchev–Trinajstić information content (AvgIpc) is 2.69. The van der Waals surface area contributed by atoms with Gasteiger partial charge >= 0.3 is 0 Å². The van der Waals surface area contributed by atoms with E-state index in [1.54, 1.807) is 11.8 Å². The molecule has 0 bridgehead atoms. The van der Waals surface area contributed by atoms with Gasteiger partial charge in [-0.25, -0.2) is 0 Å². The standard InChI is InChI=1S/C20H21N3O4/c1-3-15-4-8-17(9-5-15)22-13-12-21(14(2)19(22)24)20(25)16-6-10-18(11-7-16)23(26)27/h4-11,14H,3,12-13H2,1-2H3/t14-/m0/s1. The number of aryl methyl sites for hydroxylation is 1. The fourth-order valence-corrected chi connectivity index (χ4v) is 3.21. The van der Waals surface area contributed by atoms with Crippen molar-refractivity contribution in [3.05, 3.63) is 69.8 Å². The van der Waals surface area contributed by atoms with Gasteiger partial charge in [0.1, 0.15) is 6.04 Å². The summed E-state index contributed by atoms with van der Waals surface area (Å²) in [5.41, 5.74) is 2.29. The molecule has 140 valence electrons. The molecule has 0 spiro atoms. The van der Waals surface area contributed by atoms with E-state index < -0.39 is 11.0 Å². The molecule has 1 heterocycles. The average molecular weight is 367 g/mol. The van der Waals surface area contributed by atoms with Crippen molar-refractivity contribution in [2.45, 2.75) is 26.3 Å². The zero-order chi connectivity index (χ0) is 19.6. The molecular weight excluding hydrogens is 346 g/mol. The molecule has 0 N–H and O–H groups in total. The number of piperazine rings is 1. The van der Waals surface area contributed by atoms with E-state index in [1.807, 2.05) is 24.3 Å². The smallest absolute Gasteiger partial charge is 0.269 e. The van der Waals surface area contributed by atoms with Crippen LogP contribution in [0.5, 0.6) is 0 Å². The zero-order valence-electron chi connectivity index (χ0n) is 15.3. The SMILES string of the molecule is CCc1ccc(N2CCN(C(=O)c3ccc([N+](=O)[O-])cc3)[C@@H](C)C2=O)cc1. The van der Waals surface area contributed by atoms with Crippen LogP contribution in [-0.4, -0.2) is 40.8 Å². The predicted molar refractivity (Wildman–Crippen MR) is 102 cm³/mol. The fourth-order valence-electron chi connectivity index (χ4n) is 3.21. The van der Waals surface area contributed by atoms with Gasteiger partial charge in [-0.2, -0.15) is 0 Å². The summed E-state index contributed by atoms with van der Waals surface area (Å²) in [6.07, 6.45) is 0.933. The largest absolute Gasteiger partial charge is 0.325 e. The van der Waals surface area contributed by atoms with Gasteiger partial charge in [0, 0.05) is 36.5 Å². The number of rotatable bonds is 4. The number of carbonyl (C=O) groups excluding carboxylic acids is 2. The maximum absolute atomic E-state index is 12.8. The first-order chi connectivity index (χ1) is 12.9. The molecule has 0 saturated carbocycles. The molecule has 1 saturated heterocycles. The summed E-state index contributed by atoms with van der Waals surface area (Å²) in [5.74, 6) is -0.438. The zero-order valence-corrected chi connectivity index (χ0v) is 15.3. The topological polar surface area (TPSA) is 83.8 Å². The number of carbonyl (C=O) groups is 2. The highest BCUT2D eigenvalue weighted by atomic mass is 16.6. The lowest BCUT2D eigenvalue weighted by Gasteiger charge is -2.39. The van der Waals surface area contributed by atoms with Crippen molar-refractivity contribution in [2.75, 3.05) is 18.0 Å². The first-order valence-corrected chi connectivity index (χ1v) is 8.88. The van der Waals surface area contributed by atoms with E-state index in [2.05, 4.69) is 6.92 Å². The maximum Gasteiger partial charge on any atom is 0.269 e. The lowest BCUT2D eigenvalue weighted by Crippen LogP contribution is -2.57. The number of nitrogens with zero attached hydrogens (tertiary/aromatic N) is 3. The molecule has 1 aliphatic rings. The van der Waals surface area contributed by atoms with E-state index in [0.29, 0.717) is 18.7 Å². The van der Waals surface area contributed by atoms with Crippen LogP contribution in [0.15, 0.2) is 48.5 Å². The van der Waals surface area contributed by atoms with Crippen molar-refractivity contribution in [3.8, 4) is 0 Å². The van der Waals surface area contributed by atoms with E-state index >= 15 is 0 Å². The van der Waals surface area contributed by atoms with Crippen LogP contribution in [0.25, 0.3) is 0 Å². The van der Waals surface area contributed by atoms with E-state index in [0.717, 1.165) is 12.1 Å². The number of nitro benzene ring substituents is 1. The third-order valence-corrected chi connectivity index (χ3v) is 4.90. The third-order valence-electron chi connectivity index (χ3n) is 4.90. The van der Waals surface area contributed by atoms with Crippen LogP contribution in [0.1, 0.15) is 29.8 Å². The second-order valence-electron chi connectivity index (χ2n) is 6.49. The molecule has 0 radical (unpaired) electrons. The number of benzene rings is 2. The van der Waals surface area contributed by atoms with E-state index in [4.69, 9.17) is 0 Å². The molecule has 1 aliphatic heterocycles. The van der Waals surface area contributed by atoms with Gasteiger partial charge in [-0.05, 0) is 43.2 Å². The molecule has 2 amide bonds. The Hall–Kier alpha value is -3.22. The third kappa shape index (κ3) is 3.67. The number of amides is 2. The molecule has 2 aromatic carbocycles. The molecule has 1 atom stereocenters. The molecule has 27 heavy (non-hydrogen) atoms. The molecule has 7 nitrogen and oxygen atoms in total. The fraction of sp³-hybridized carbons (Fsp3) is 0.300. The highest BCUT2D eigenvalue weighted by molar-refractivity contribution is 6.03. The highest BCUT2D eigenvalue weighted by Gasteiger charge is 2.35. The predicted octanol–water partition coefficient (Wildman–Crippen LogP) is 3.03. The number of hydrogen-bond donors (Lipinski definition) is 0. The Bertz CT molecular complexity index is 862. The molecule has 7 heteroatoms. The molecule has 0 unspecified atom stereocenters. The monoisotopic (exact) mass is 367 g/mol. The molecular formula is C20H21N3O4. The van der Waals surface area contributed by atoms with E-state index in [-0.39, 0.29) is 17.5 Å². The van der Waals surface area contributed by atoms with Gasteiger partial charge in [0.2, 0.25) is 5.91 Å². The number of nitro groups is 1. The van der Waals surface area contributed by atoms with Crippen LogP contribution in [0.4, 0.5) is 11.4 Å². The van der Waals surface area contributed by atoms with Crippen molar-refractivity contribution in [3.63, 3.8) is 0 Å². The first-order valence-electron chi connectivity index (χ1n) is 8.88. The van der Waals surface area contributed by atoms with Crippen molar-refractivity contribution in [1.82, 2.24) is 4.90 Å². The normalized spacial score (nSPS) is 17.1. The van der Waals surface area contributed by atoms with Gasteiger partial charge in [-0.1, -0.05) is 19.1 Å². The Morgan fingerprint density at radius 1 is 1.11 bits per heavy atom. The minimum Gasteiger partial charge on any atom is -0.325 e. The minimum absolute atomic E-state index is 0.0731. The summed E-state index contributed by atoms with van der Waals surface area (Å²) in [6, 6.07) is 12.7. The molecule has 2 aromatic rings. The van der Waals surface area contributed by atoms with Gasteiger partial charge in [0.15, 0.2) is 0 Å². The second-order valence-corrected chi connectivity index (χ2v) is 6.49. The van der Waals surface area contributed by atoms with Crippen LogP contribution in [0.3, 0.4) is 0 Å². The highest BCUT2D eigenvalue weighted by Crippen LogP contribution is 2.23. The molecule has 3 rings (SSSR count). The summed E-state index contributed by atoms with van der Waals surface area (Å²) in [5, 5.41) is 10.7. The minimum atomic E-state index is -0.604. The van der Waals surface area contributed by atoms with Crippen molar-refractivity contribution < 1.29 is 14.5 Å². The van der Waals surface area contributed by atoms with Gasteiger partial charge in [-0.15, -0.1) is 0 Å². The summed E-state index contributed by atoms with van der Waals surface area (Å²) < 4.78 is 0. The Labute approximate surface area is 157 Å². The lowest BCUT2D eigenvalue weighted by molar-refractivity contribution is -0.384. The maximum atomic E-state index is 12.8. The lowest BCUT2D eigenvalue weighted by atomic mass is 10.1. The second kappa shape index (κ2) is 7.57. The summed E-state index contributed by atoms with van der Waals surface area (Å²) in [7, 11) is 0. The first kappa shape index (κ1) is 18.6. The van der Waals surface area contributed by atoms with Crippen molar-refractivity contribution in [1.29, 1.82) is 0 Å². The van der Waals surface area contributed by atoms with E-state index in [9.17, 15) is 19.7 Å². The number of hydrogen-bond acceptors (Lipinski definition) is 4. The summed E-state index contributed by atoms with van der Waals surface area (Å²) >= 11 is 0. The summed E-state index contributed by atoms with van der Waals surface area (Å²) in [4.78, 5) is 39.0. The van der Waals surface area contributed by atoms with Crippen LogP contribution in [0.2, 0.25) is 0 Å². The van der Waals surface area contributed by atoms with Crippen molar-refractivity contribution >= 4 is 23.2 Å². The van der Waals surface area contributed by atoms with Crippen LogP contribution in [0, 0.1) is 10.1 Å². The van der Waals surface area contributed by atoms with Gasteiger partial charge < -0.3 is 9.80 Å². The van der Waals surface area contributed by atoms with Gasteiger partial charge in [0.25, 0.3) is 11.6 Å². The summed E-state index contributed by atoms with van der Waals surface area (Å²) in [6.45, 7) is 4.59. The quantitative estimate of drug-likeness (QED) is 0.614. The van der Waals surface area contributed by atoms with Crippen LogP contribution >= 0.6 is 0 Å². The van der Waals surface area contributed by atoms with Gasteiger partial charge in [-0.3, -0.25) is 19.7 Å².